The van der Waals surface area contributed by atoms with Crippen LogP contribution in [0, 0.1) is 0 Å². The van der Waals surface area contributed by atoms with Gasteiger partial charge in [0.05, 0.1) is 11.9 Å². The van der Waals surface area contributed by atoms with E-state index in [9.17, 15) is 0 Å². The van der Waals surface area contributed by atoms with Gasteiger partial charge in [-0.25, -0.2) is 9.97 Å². The molecular weight excluding hydrogens is 226 g/mol. The quantitative estimate of drug-likeness (QED) is 0.822. The fourth-order valence-electron chi connectivity index (χ4n) is 2.43. The van der Waals surface area contributed by atoms with Crippen LogP contribution in [0.25, 0.3) is 0 Å². The third-order valence-electron chi connectivity index (χ3n) is 3.34. The van der Waals surface area contributed by atoms with Crippen molar-refractivity contribution in [2.24, 2.45) is 7.05 Å². The second kappa shape index (κ2) is 4.76. The lowest BCUT2D eigenvalue weighted by Crippen LogP contribution is -2.03. The van der Waals surface area contributed by atoms with Gasteiger partial charge in [-0.3, -0.25) is 4.68 Å². The van der Waals surface area contributed by atoms with Crippen molar-refractivity contribution in [3.05, 3.63) is 30.0 Å². The molecule has 0 unspecified atom stereocenters. The maximum Gasteiger partial charge on any atom is 0.137 e. The van der Waals surface area contributed by atoms with E-state index >= 15 is 0 Å². The molecule has 0 spiro atoms. The molecule has 0 bridgehead atoms. The molecule has 2 heterocycles. The Bertz CT molecular complexity index is 546. The van der Waals surface area contributed by atoms with E-state index in [-0.39, 0.29) is 0 Å². The van der Waals surface area contributed by atoms with Crippen molar-refractivity contribution in [2.75, 3.05) is 5.32 Å². The largest absolute Gasteiger partial charge is 0.337 e. The average Bonchev–Trinajstić information content (AvgIpc) is 2.65. The summed E-state index contributed by atoms with van der Waals surface area (Å²) in [5, 5.41) is 7.50. The van der Waals surface area contributed by atoms with Crippen molar-refractivity contribution in [3.8, 4) is 0 Å². The Morgan fingerprint density at radius 2 is 2.06 bits per heavy atom. The highest BCUT2D eigenvalue weighted by atomic mass is 15.3. The van der Waals surface area contributed by atoms with Gasteiger partial charge in [-0.2, -0.15) is 5.10 Å². The minimum Gasteiger partial charge on any atom is -0.337 e. The Labute approximate surface area is 106 Å². The van der Waals surface area contributed by atoms with E-state index in [1.54, 1.807) is 11.0 Å². The molecule has 1 aliphatic rings. The molecule has 5 heteroatoms. The number of hydrogen-bond acceptors (Lipinski definition) is 4. The summed E-state index contributed by atoms with van der Waals surface area (Å²) in [5.74, 6) is 0.940. The zero-order valence-electron chi connectivity index (χ0n) is 10.6. The highest BCUT2D eigenvalue weighted by Crippen LogP contribution is 2.25. The second-order valence-electron chi connectivity index (χ2n) is 4.74. The highest BCUT2D eigenvalue weighted by Gasteiger charge is 2.14. The van der Waals surface area contributed by atoms with E-state index in [0.717, 1.165) is 24.3 Å². The first-order valence-corrected chi connectivity index (χ1v) is 6.41. The second-order valence-corrected chi connectivity index (χ2v) is 4.74. The van der Waals surface area contributed by atoms with Gasteiger partial charge in [0.2, 0.25) is 0 Å². The molecule has 0 atom stereocenters. The molecule has 0 fully saturated rings. The summed E-state index contributed by atoms with van der Waals surface area (Å²) in [7, 11) is 1.91. The van der Waals surface area contributed by atoms with Crippen molar-refractivity contribution >= 4 is 11.5 Å². The molecule has 0 aromatic carbocycles. The minimum absolute atomic E-state index is 0.940. The van der Waals surface area contributed by atoms with Crippen LogP contribution in [0.5, 0.6) is 0 Å². The van der Waals surface area contributed by atoms with Crippen molar-refractivity contribution in [3.63, 3.8) is 0 Å². The molecule has 2 aromatic rings. The summed E-state index contributed by atoms with van der Waals surface area (Å²) < 4.78 is 1.78. The normalized spacial score (nSPS) is 14.9. The summed E-state index contributed by atoms with van der Waals surface area (Å²) >= 11 is 0. The highest BCUT2D eigenvalue weighted by molar-refractivity contribution is 5.58. The number of nitrogens with one attached hydrogen (secondary N) is 1. The number of anilines is 2. The van der Waals surface area contributed by atoms with Crippen molar-refractivity contribution in [1.82, 2.24) is 19.7 Å². The van der Waals surface area contributed by atoms with Crippen molar-refractivity contribution in [2.45, 2.75) is 32.1 Å². The first-order chi connectivity index (χ1) is 8.83. The maximum atomic E-state index is 4.41. The lowest BCUT2D eigenvalue weighted by Gasteiger charge is -2.10. The molecule has 0 saturated carbocycles. The standard InChI is InChI=1S/C13H17N5/c1-18-8-10(7-16-18)17-13-11-5-3-2-4-6-12(11)14-9-15-13/h7-9H,2-6H2,1H3,(H,14,15,17). The van der Waals surface area contributed by atoms with Crippen LogP contribution in [-0.4, -0.2) is 19.7 Å². The number of aromatic nitrogens is 4. The third-order valence-corrected chi connectivity index (χ3v) is 3.34. The van der Waals surface area contributed by atoms with Crippen molar-refractivity contribution < 1.29 is 0 Å². The number of nitrogens with zero attached hydrogens (tertiary/aromatic N) is 4. The SMILES string of the molecule is Cn1cc(Nc2ncnc3c2CCCCC3)cn1. The number of rotatable bonds is 2. The molecule has 0 radical (unpaired) electrons. The molecule has 94 valence electrons. The Kier molecular flexibility index (Phi) is 2.96. The molecule has 2 aromatic heterocycles. The summed E-state index contributed by atoms with van der Waals surface area (Å²) in [5.41, 5.74) is 3.45. The fourth-order valence-corrected chi connectivity index (χ4v) is 2.43. The van der Waals surface area contributed by atoms with Gasteiger partial charge in [-0.15, -0.1) is 0 Å². The smallest absolute Gasteiger partial charge is 0.137 e. The summed E-state index contributed by atoms with van der Waals surface area (Å²) in [6.07, 6.45) is 11.3. The predicted octanol–water partition coefficient (Wildman–Crippen LogP) is 2.22. The van der Waals surface area contributed by atoms with Crippen LogP contribution in [0.1, 0.15) is 30.5 Å². The third kappa shape index (κ3) is 2.20. The molecule has 0 aliphatic heterocycles. The monoisotopic (exact) mass is 243 g/mol. The van der Waals surface area contributed by atoms with Gasteiger partial charge < -0.3 is 5.32 Å². The van der Waals surface area contributed by atoms with Crippen LogP contribution in [0.15, 0.2) is 18.7 Å². The van der Waals surface area contributed by atoms with E-state index in [0.29, 0.717) is 0 Å². The molecule has 0 saturated heterocycles. The van der Waals surface area contributed by atoms with E-state index in [1.165, 1.54) is 30.5 Å². The molecule has 0 amide bonds. The lowest BCUT2D eigenvalue weighted by atomic mass is 10.1. The predicted molar refractivity (Wildman–Crippen MR) is 69.8 cm³/mol. The van der Waals surface area contributed by atoms with Crippen LogP contribution in [-0.2, 0) is 19.9 Å². The van der Waals surface area contributed by atoms with Gasteiger partial charge in [0.25, 0.3) is 0 Å². The molecule has 3 rings (SSSR count). The first-order valence-electron chi connectivity index (χ1n) is 6.41. The van der Waals surface area contributed by atoms with Gasteiger partial charge in [-0.1, -0.05) is 6.42 Å². The van der Waals surface area contributed by atoms with E-state index in [2.05, 4.69) is 20.4 Å². The van der Waals surface area contributed by atoms with E-state index in [4.69, 9.17) is 0 Å². The van der Waals surface area contributed by atoms with Gasteiger partial charge in [0, 0.05) is 24.5 Å². The fraction of sp³-hybridized carbons (Fsp3) is 0.462. The zero-order chi connectivity index (χ0) is 12.4. The minimum atomic E-state index is 0.940. The Hall–Kier alpha value is -1.91. The Morgan fingerprint density at radius 1 is 1.17 bits per heavy atom. The summed E-state index contributed by atoms with van der Waals surface area (Å²) in [4.78, 5) is 8.79. The van der Waals surface area contributed by atoms with Gasteiger partial charge >= 0.3 is 0 Å². The zero-order valence-corrected chi connectivity index (χ0v) is 10.6. The first kappa shape index (κ1) is 11.2. The van der Waals surface area contributed by atoms with E-state index in [1.807, 2.05) is 19.4 Å². The molecule has 1 aliphatic carbocycles. The van der Waals surface area contributed by atoms with Crippen LogP contribution >= 0.6 is 0 Å². The van der Waals surface area contributed by atoms with Gasteiger partial charge in [-0.05, 0) is 25.7 Å². The lowest BCUT2D eigenvalue weighted by molar-refractivity contribution is 0.709. The molecule has 1 N–H and O–H groups in total. The molecule has 5 nitrogen and oxygen atoms in total. The number of fused-ring (bicyclic) bond motifs is 1. The van der Waals surface area contributed by atoms with Crippen LogP contribution in [0.2, 0.25) is 0 Å². The van der Waals surface area contributed by atoms with Gasteiger partial charge in [0.15, 0.2) is 0 Å². The summed E-state index contributed by atoms with van der Waals surface area (Å²) in [6.45, 7) is 0. The average molecular weight is 243 g/mol. The molecular formula is C13H17N5. The van der Waals surface area contributed by atoms with Crippen molar-refractivity contribution in [1.29, 1.82) is 0 Å². The van der Waals surface area contributed by atoms with Gasteiger partial charge in [0.1, 0.15) is 12.1 Å². The Morgan fingerprint density at radius 3 is 2.89 bits per heavy atom. The maximum absolute atomic E-state index is 4.41. The number of hydrogen-bond donors (Lipinski definition) is 1. The van der Waals surface area contributed by atoms with Crippen LogP contribution < -0.4 is 5.32 Å². The van der Waals surface area contributed by atoms with E-state index < -0.39 is 0 Å². The topological polar surface area (TPSA) is 55.6 Å². The Balaban J connectivity index is 1.92. The molecule has 18 heavy (non-hydrogen) atoms. The van der Waals surface area contributed by atoms with Crippen LogP contribution in [0.4, 0.5) is 11.5 Å². The van der Waals surface area contributed by atoms with Crippen LogP contribution in [0.3, 0.4) is 0 Å². The number of aryl methyl sites for hydroxylation is 2. The summed E-state index contributed by atoms with van der Waals surface area (Å²) in [6, 6.07) is 0.